The Morgan fingerprint density at radius 3 is 1.32 bits per heavy atom. The number of nitrogens with zero attached hydrogens (tertiary/aromatic N) is 2. The van der Waals surface area contributed by atoms with Gasteiger partial charge in [-0.2, -0.15) is 0 Å². The molecule has 0 bridgehead atoms. The van der Waals surface area contributed by atoms with Crippen LogP contribution in [0.4, 0.5) is 0 Å². The van der Waals surface area contributed by atoms with Crippen molar-refractivity contribution in [1.29, 1.82) is 0 Å². The van der Waals surface area contributed by atoms with Gasteiger partial charge in [0.05, 0.1) is 0 Å². The van der Waals surface area contributed by atoms with Crippen molar-refractivity contribution in [2.45, 2.75) is 0 Å². The van der Waals surface area contributed by atoms with Gasteiger partial charge in [0.2, 0.25) is 0 Å². The van der Waals surface area contributed by atoms with Crippen molar-refractivity contribution in [3.63, 3.8) is 0 Å². The number of pyridine rings is 2. The van der Waals surface area contributed by atoms with E-state index in [1.165, 1.54) is 24.5 Å². The van der Waals surface area contributed by atoms with Gasteiger partial charge in [0.25, 0.3) is 0 Å². The molecule has 6 nitrogen and oxygen atoms in total. The summed E-state index contributed by atoms with van der Waals surface area (Å²) in [5.41, 5.74) is 0.162. The van der Waals surface area contributed by atoms with Crippen molar-refractivity contribution in [2.75, 3.05) is 0 Å². The predicted molar refractivity (Wildman–Crippen MR) is 62.4 cm³/mol. The van der Waals surface area contributed by atoms with Crippen LogP contribution in [0.3, 0.4) is 0 Å². The SMILES string of the molecule is O=C(O)c1ccccn1.O=C(O)c1ccccn1.[Ce]. The normalized spacial score (nSPS) is 8.42. The Kier molecular flexibility index (Phi) is 8.84. The Labute approximate surface area is 142 Å². The monoisotopic (exact) mass is 386 g/mol. The molecule has 2 rings (SSSR count). The predicted octanol–water partition coefficient (Wildman–Crippen LogP) is 1.56. The van der Waals surface area contributed by atoms with Crippen molar-refractivity contribution in [3.8, 4) is 0 Å². The van der Waals surface area contributed by atoms with Crippen LogP contribution in [0.25, 0.3) is 0 Å². The Morgan fingerprint density at radius 2 is 1.16 bits per heavy atom. The third-order valence-corrected chi connectivity index (χ3v) is 1.77. The third-order valence-electron chi connectivity index (χ3n) is 1.77. The van der Waals surface area contributed by atoms with Gasteiger partial charge in [0.1, 0.15) is 11.4 Å². The number of carboxylic acids is 2. The Morgan fingerprint density at radius 1 is 0.789 bits per heavy atom. The molecular weight excluding hydrogens is 376 g/mol. The number of aromatic nitrogens is 2. The largest absolute Gasteiger partial charge is 0.477 e. The first-order valence-corrected chi connectivity index (χ1v) is 4.90. The van der Waals surface area contributed by atoms with Crippen molar-refractivity contribution in [3.05, 3.63) is 60.2 Å². The van der Waals surface area contributed by atoms with Gasteiger partial charge in [0.15, 0.2) is 0 Å². The molecule has 0 unspecified atom stereocenters. The van der Waals surface area contributed by atoms with Gasteiger partial charge >= 0.3 is 11.9 Å². The summed E-state index contributed by atoms with van der Waals surface area (Å²) in [4.78, 5) is 27.4. The molecule has 0 atom stereocenters. The van der Waals surface area contributed by atoms with Gasteiger partial charge in [-0.15, -0.1) is 0 Å². The maximum Gasteiger partial charge on any atom is 0.354 e. The molecule has 0 saturated carbocycles. The molecule has 0 spiro atoms. The van der Waals surface area contributed by atoms with Crippen molar-refractivity contribution >= 4 is 11.9 Å². The van der Waals surface area contributed by atoms with Crippen LogP contribution in [0, 0.1) is 41.7 Å². The average Bonchev–Trinajstić information content (AvgIpc) is 2.41. The van der Waals surface area contributed by atoms with E-state index in [9.17, 15) is 9.59 Å². The number of aromatic carboxylic acids is 2. The summed E-state index contributed by atoms with van der Waals surface area (Å²) in [5.74, 6) is -1.98. The zero-order valence-corrected chi connectivity index (χ0v) is 12.9. The molecule has 2 aromatic heterocycles. The summed E-state index contributed by atoms with van der Waals surface area (Å²) in [6.07, 6.45) is 2.90. The molecule has 19 heavy (non-hydrogen) atoms. The molecular formula is C12H10CeN2O4. The Bertz CT molecular complexity index is 470. The first-order valence-electron chi connectivity index (χ1n) is 4.90. The van der Waals surface area contributed by atoms with Crippen LogP contribution in [-0.4, -0.2) is 32.1 Å². The Hall–Kier alpha value is -1.38. The molecule has 0 saturated heterocycles. The second-order valence-electron chi connectivity index (χ2n) is 3.04. The first kappa shape index (κ1) is 17.6. The van der Waals surface area contributed by atoms with Gasteiger partial charge in [-0.3, -0.25) is 0 Å². The van der Waals surface area contributed by atoms with E-state index in [4.69, 9.17) is 10.2 Å². The number of rotatable bonds is 2. The van der Waals surface area contributed by atoms with Gasteiger partial charge in [-0.05, 0) is 24.3 Å². The maximum absolute atomic E-state index is 10.1. The summed E-state index contributed by atoms with van der Waals surface area (Å²) in [6.45, 7) is 0. The summed E-state index contributed by atoms with van der Waals surface area (Å²) < 4.78 is 0. The molecule has 2 N–H and O–H groups in total. The van der Waals surface area contributed by atoms with E-state index in [0.717, 1.165) is 0 Å². The molecule has 2 heterocycles. The fraction of sp³-hybridized carbons (Fsp3) is 0. The second kappa shape index (κ2) is 9.53. The zero-order chi connectivity index (χ0) is 13.4. The maximum atomic E-state index is 10.1. The van der Waals surface area contributed by atoms with Gasteiger partial charge in [-0.25, -0.2) is 19.6 Å². The standard InChI is InChI=1S/2C6H5NO2.Ce/c2*8-6(9)5-3-1-2-4-7-5;/h2*1-4H,(H,8,9);. The summed E-state index contributed by atoms with van der Waals surface area (Å²) in [5, 5.41) is 16.6. The van der Waals surface area contributed by atoms with E-state index < -0.39 is 11.9 Å². The molecule has 0 amide bonds. The molecule has 7 heteroatoms. The molecule has 0 aliphatic rings. The summed E-state index contributed by atoms with van der Waals surface area (Å²) >= 11 is 0. The van der Waals surface area contributed by atoms with Crippen LogP contribution in [0.1, 0.15) is 21.0 Å². The van der Waals surface area contributed by atoms with Crippen LogP contribution < -0.4 is 0 Å². The van der Waals surface area contributed by atoms with Crippen LogP contribution in [-0.2, 0) is 0 Å². The smallest absolute Gasteiger partial charge is 0.354 e. The van der Waals surface area contributed by atoms with Crippen molar-refractivity contribution in [2.24, 2.45) is 0 Å². The number of carbonyl (C=O) groups is 2. The summed E-state index contributed by atoms with van der Waals surface area (Å²) in [6, 6.07) is 9.51. The van der Waals surface area contributed by atoms with Gasteiger partial charge in [-0.1, -0.05) is 12.1 Å². The molecule has 96 valence electrons. The van der Waals surface area contributed by atoms with Gasteiger partial charge < -0.3 is 10.2 Å². The molecule has 0 aromatic carbocycles. The second-order valence-corrected chi connectivity index (χ2v) is 3.04. The zero-order valence-electron chi connectivity index (χ0n) is 9.72. The van der Waals surface area contributed by atoms with E-state index in [1.807, 2.05) is 0 Å². The fourth-order valence-corrected chi connectivity index (χ4v) is 0.979. The van der Waals surface area contributed by atoms with Crippen LogP contribution in [0.15, 0.2) is 48.8 Å². The van der Waals surface area contributed by atoms with Crippen molar-refractivity contribution in [1.82, 2.24) is 9.97 Å². The third kappa shape index (κ3) is 6.94. The van der Waals surface area contributed by atoms with E-state index in [-0.39, 0.29) is 53.1 Å². The topological polar surface area (TPSA) is 100 Å². The minimum atomic E-state index is -0.990. The number of carboxylic acid groups (broad SMARTS) is 2. The Balaban J connectivity index is 0.000000324. The molecule has 2 aromatic rings. The molecule has 0 aliphatic carbocycles. The minimum Gasteiger partial charge on any atom is -0.477 e. The molecule has 0 fully saturated rings. The van der Waals surface area contributed by atoms with Gasteiger partial charge in [0, 0.05) is 54.1 Å². The average molecular weight is 386 g/mol. The quantitative estimate of drug-likeness (QED) is 0.813. The number of hydrogen-bond donors (Lipinski definition) is 2. The van der Waals surface area contributed by atoms with Crippen LogP contribution in [0.2, 0.25) is 0 Å². The van der Waals surface area contributed by atoms with Crippen LogP contribution >= 0.6 is 0 Å². The van der Waals surface area contributed by atoms with E-state index in [0.29, 0.717) is 0 Å². The first-order chi connectivity index (χ1) is 8.61. The fourth-order valence-electron chi connectivity index (χ4n) is 0.979. The van der Waals surface area contributed by atoms with Crippen molar-refractivity contribution < 1.29 is 61.5 Å². The number of hydrogen-bond acceptors (Lipinski definition) is 4. The van der Waals surface area contributed by atoms with E-state index >= 15 is 0 Å². The summed E-state index contributed by atoms with van der Waals surface area (Å²) in [7, 11) is 0. The van der Waals surface area contributed by atoms with E-state index in [1.54, 1.807) is 24.3 Å². The molecule has 0 radical (unpaired) electrons. The van der Waals surface area contributed by atoms with E-state index in [2.05, 4.69) is 9.97 Å². The molecule has 0 aliphatic heterocycles. The van der Waals surface area contributed by atoms with Crippen LogP contribution in [0.5, 0.6) is 0 Å². The minimum absolute atomic E-state index is 0.